The second kappa shape index (κ2) is 3.75. The van der Waals surface area contributed by atoms with Crippen molar-refractivity contribution >= 4 is 5.57 Å². The molecule has 1 aliphatic rings. The maximum Gasteiger partial charge on any atom is 0.0711 e. The van der Waals surface area contributed by atoms with E-state index in [4.69, 9.17) is 11.5 Å². The normalized spacial score (nSPS) is 18.3. The minimum Gasteiger partial charge on any atom is -0.400 e. The molecule has 0 heterocycles. The van der Waals surface area contributed by atoms with Crippen molar-refractivity contribution in [1.82, 2.24) is 0 Å². The molecule has 1 aliphatic carbocycles. The molecule has 0 spiro atoms. The van der Waals surface area contributed by atoms with Crippen LogP contribution < -0.4 is 11.5 Å². The van der Waals surface area contributed by atoms with E-state index in [9.17, 15) is 0 Å². The van der Waals surface area contributed by atoms with Crippen LogP contribution in [0.1, 0.15) is 22.7 Å². The number of benzene rings is 2. The second-order valence-electron chi connectivity index (χ2n) is 4.26. The van der Waals surface area contributed by atoms with Gasteiger partial charge in [0.05, 0.1) is 6.04 Å². The van der Waals surface area contributed by atoms with Crippen molar-refractivity contribution in [2.75, 3.05) is 0 Å². The van der Waals surface area contributed by atoms with Gasteiger partial charge in [-0.15, -0.1) is 0 Å². The molecule has 84 valence electrons. The standard InChI is InChI=1S/C15H14N2/c16-14-12-9-5-4-8-11(12)13(15(14)17)10-6-2-1-3-7-10/h1-9,14H,16-17H2. The van der Waals surface area contributed by atoms with Crippen molar-refractivity contribution in [2.45, 2.75) is 6.04 Å². The first-order chi connectivity index (χ1) is 8.29. The fraction of sp³-hybridized carbons (Fsp3) is 0.0667. The quantitative estimate of drug-likeness (QED) is 0.778. The van der Waals surface area contributed by atoms with Crippen LogP contribution in [0.4, 0.5) is 0 Å². The van der Waals surface area contributed by atoms with E-state index in [0.717, 1.165) is 28.0 Å². The molecule has 0 radical (unpaired) electrons. The molecule has 0 aromatic heterocycles. The molecule has 0 bridgehead atoms. The van der Waals surface area contributed by atoms with Gasteiger partial charge in [-0.2, -0.15) is 0 Å². The Morgan fingerprint density at radius 3 is 2.24 bits per heavy atom. The number of hydrogen-bond acceptors (Lipinski definition) is 2. The van der Waals surface area contributed by atoms with Gasteiger partial charge in [0, 0.05) is 11.3 Å². The van der Waals surface area contributed by atoms with Crippen LogP contribution in [0.15, 0.2) is 60.3 Å². The van der Waals surface area contributed by atoms with Crippen LogP contribution >= 0.6 is 0 Å². The zero-order valence-electron chi connectivity index (χ0n) is 9.43. The van der Waals surface area contributed by atoms with Gasteiger partial charge < -0.3 is 11.5 Å². The lowest BCUT2D eigenvalue weighted by Gasteiger charge is -2.06. The topological polar surface area (TPSA) is 52.0 Å². The molecule has 1 atom stereocenters. The molecule has 0 fully saturated rings. The summed E-state index contributed by atoms with van der Waals surface area (Å²) in [5.74, 6) is 0. The minimum atomic E-state index is -0.179. The fourth-order valence-electron chi connectivity index (χ4n) is 2.40. The molecule has 2 aromatic rings. The summed E-state index contributed by atoms with van der Waals surface area (Å²) >= 11 is 0. The average Bonchev–Trinajstić information content (AvgIpc) is 2.64. The Morgan fingerprint density at radius 2 is 1.47 bits per heavy atom. The van der Waals surface area contributed by atoms with Gasteiger partial charge in [0.2, 0.25) is 0 Å². The van der Waals surface area contributed by atoms with E-state index in [-0.39, 0.29) is 6.04 Å². The monoisotopic (exact) mass is 222 g/mol. The molecular formula is C15H14N2. The predicted octanol–water partition coefficient (Wildman–Crippen LogP) is 2.42. The van der Waals surface area contributed by atoms with Crippen LogP contribution in [0.25, 0.3) is 5.57 Å². The fourth-order valence-corrected chi connectivity index (χ4v) is 2.40. The molecule has 3 rings (SSSR count). The molecule has 4 N–H and O–H groups in total. The van der Waals surface area contributed by atoms with Crippen molar-refractivity contribution in [3.63, 3.8) is 0 Å². The van der Waals surface area contributed by atoms with Gasteiger partial charge in [0.25, 0.3) is 0 Å². The highest BCUT2D eigenvalue weighted by molar-refractivity contribution is 5.87. The third kappa shape index (κ3) is 1.46. The van der Waals surface area contributed by atoms with E-state index in [0.29, 0.717) is 0 Å². The molecule has 17 heavy (non-hydrogen) atoms. The van der Waals surface area contributed by atoms with Crippen molar-refractivity contribution in [1.29, 1.82) is 0 Å². The lowest BCUT2D eigenvalue weighted by molar-refractivity contribution is 0.856. The molecule has 2 aromatic carbocycles. The molecule has 0 amide bonds. The number of nitrogens with two attached hydrogens (primary N) is 2. The van der Waals surface area contributed by atoms with E-state index < -0.39 is 0 Å². The van der Waals surface area contributed by atoms with Crippen molar-refractivity contribution in [3.8, 4) is 0 Å². The Kier molecular flexibility index (Phi) is 2.23. The SMILES string of the molecule is NC1=C(c2ccccc2)c2ccccc2C1N. The average molecular weight is 222 g/mol. The molecule has 2 heteroatoms. The van der Waals surface area contributed by atoms with Gasteiger partial charge in [-0.05, 0) is 16.7 Å². The Labute approximate surface area is 101 Å². The van der Waals surface area contributed by atoms with E-state index in [1.54, 1.807) is 0 Å². The highest BCUT2D eigenvalue weighted by Gasteiger charge is 2.26. The molecule has 0 saturated heterocycles. The highest BCUT2D eigenvalue weighted by atomic mass is 14.8. The lowest BCUT2D eigenvalue weighted by atomic mass is 9.99. The summed E-state index contributed by atoms with van der Waals surface area (Å²) in [4.78, 5) is 0. The minimum absolute atomic E-state index is 0.179. The van der Waals surface area contributed by atoms with Gasteiger partial charge in [-0.3, -0.25) is 0 Å². The summed E-state index contributed by atoms with van der Waals surface area (Å²) in [5, 5.41) is 0. The molecule has 0 saturated carbocycles. The van der Waals surface area contributed by atoms with Crippen LogP contribution in [0.2, 0.25) is 0 Å². The van der Waals surface area contributed by atoms with Gasteiger partial charge in [-0.1, -0.05) is 54.6 Å². The zero-order valence-corrected chi connectivity index (χ0v) is 9.43. The number of rotatable bonds is 1. The second-order valence-corrected chi connectivity index (χ2v) is 4.26. The van der Waals surface area contributed by atoms with Crippen LogP contribution in [-0.4, -0.2) is 0 Å². The van der Waals surface area contributed by atoms with Crippen LogP contribution in [0, 0.1) is 0 Å². The maximum absolute atomic E-state index is 6.16. The summed E-state index contributed by atoms with van der Waals surface area (Å²) in [7, 11) is 0. The number of hydrogen-bond donors (Lipinski definition) is 2. The van der Waals surface area contributed by atoms with E-state index in [2.05, 4.69) is 18.2 Å². The van der Waals surface area contributed by atoms with Crippen molar-refractivity contribution in [3.05, 3.63) is 77.0 Å². The molecule has 0 aliphatic heterocycles. The molecule has 2 nitrogen and oxygen atoms in total. The van der Waals surface area contributed by atoms with Gasteiger partial charge in [0.15, 0.2) is 0 Å². The van der Waals surface area contributed by atoms with Gasteiger partial charge in [-0.25, -0.2) is 0 Å². The Bertz CT molecular complexity index is 585. The Hall–Kier alpha value is -2.06. The largest absolute Gasteiger partial charge is 0.400 e. The molecular weight excluding hydrogens is 208 g/mol. The highest BCUT2D eigenvalue weighted by Crippen LogP contribution is 2.39. The lowest BCUT2D eigenvalue weighted by Crippen LogP contribution is -2.15. The van der Waals surface area contributed by atoms with Crippen molar-refractivity contribution in [2.24, 2.45) is 11.5 Å². The van der Waals surface area contributed by atoms with Crippen LogP contribution in [0.5, 0.6) is 0 Å². The Morgan fingerprint density at radius 1 is 0.824 bits per heavy atom. The number of fused-ring (bicyclic) bond motifs is 1. The summed E-state index contributed by atoms with van der Waals surface area (Å²) in [6, 6.07) is 18.1. The summed E-state index contributed by atoms with van der Waals surface area (Å²) in [5.41, 5.74) is 17.5. The predicted molar refractivity (Wildman–Crippen MR) is 70.0 cm³/mol. The van der Waals surface area contributed by atoms with Gasteiger partial charge in [0.1, 0.15) is 0 Å². The van der Waals surface area contributed by atoms with Crippen molar-refractivity contribution < 1.29 is 0 Å². The summed E-state index contributed by atoms with van der Waals surface area (Å²) < 4.78 is 0. The first kappa shape index (κ1) is 10.1. The summed E-state index contributed by atoms with van der Waals surface area (Å²) in [6.45, 7) is 0. The first-order valence-corrected chi connectivity index (χ1v) is 5.69. The molecule has 1 unspecified atom stereocenters. The van der Waals surface area contributed by atoms with E-state index >= 15 is 0 Å². The Balaban J connectivity index is 2.23. The third-order valence-electron chi connectivity index (χ3n) is 3.25. The van der Waals surface area contributed by atoms with Crippen LogP contribution in [-0.2, 0) is 0 Å². The third-order valence-corrected chi connectivity index (χ3v) is 3.25. The first-order valence-electron chi connectivity index (χ1n) is 5.69. The van der Waals surface area contributed by atoms with E-state index in [1.165, 1.54) is 0 Å². The summed E-state index contributed by atoms with van der Waals surface area (Å²) in [6.07, 6.45) is 0. The maximum atomic E-state index is 6.16. The van der Waals surface area contributed by atoms with Gasteiger partial charge >= 0.3 is 0 Å². The van der Waals surface area contributed by atoms with Crippen LogP contribution in [0.3, 0.4) is 0 Å². The zero-order chi connectivity index (χ0) is 11.8. The smallest absolute Gasteiger partial charge is 0.0711 e. The van der Waals surface area contributed by atoms with E-state index in [1.807, 2.05) is 36.4 Å².